The van der Waals surface area contributed by atoms with Gasteiger partial charge in [0.15, 0.2) is 6.61 Å². The van der Waals surface area contributed by atoms with Gasteiger partial charge in [-0.25, -0.2) is 4.79 Å². The van der Waals surface area contributed by atoms with Crippen LogP contribution in [-0.2, 0) is 4.79 Å². The molecule has 1 amide bonds. The number of esters is 1. The fourth-order valence-corrected chi connectivity index (χ4v) is 2.51. The third kappa shape index (κ3) is 4.72. The van der Waals surface area contributed by atoms with Crippen molar-refractivity contribution in [1.82, 2.24) is 4.90 Å². The lowest BCUT2D eigenvalue weighted by molar-refractivity contribution is -0.130. The van der Waals surface area contributed by atoms with Crippen molar-refractivity contribution < 1.29 is 19.1 Å². The Morgan fingerprint density at radius 2 is 1.83 bits per heavy atom. The molecule has 126 valence electrons. The second-order valence-corrected chi connectivity index (χ2v) is 6.33. The molecule has 0 radical (unpaired) electrons. The van der Waals surface area contributed by atoms with Gasteiger partial charge in [-0.1, -0.05) is 23.7 Å². The Kier molecular flexibility index (Phi) is 6.23. The van der Waals surface area contributed by atoms with Crippen LogP contribution in [0.1, 0.15) is 10.4 Å². The van der Waals surface area contributed by atoms with Gasteiger partial charge in [0.05, 0.1) is 4.47 Å². The van der Waals surface area contributed by atoms with E-state index in [2.05, 4.69) is 15.9 Å². The van der Waals surface area contributed by atoms with Crippen molar-refractivity contribution >= 4 is 39.4 Å². The van der Waals surface area contributed by atoms with Crippen molar-refractivity contribution in [2.24, 2.45) is 0 Å². The normalized spacial score (nSPS) is 10.2. The summed E-state index contributed by atoms with van der Waals surface area (Å²) in [6, 6.07) is 11.4. The molecule has 0 aliphatic rings. The molecule has 0 aliphatic carbocycles. The van der Waals surface area contributed by atoms with Gasteiger partial charge in [-0.3, -0.25) is 4.79 Å². The van der Waals surface area contributed by atoms with Gasteiger partial charge < -0.3 is 14.4 Å². The van der Waals surface area contributed by atoms with Crippen LogP contribution in [-0.4, -0.2) is 37.5 Å². The van der Waals surface area contributed by atoms with Crippen molar-refractivity contribution in [3.8, 4) is 11.5 Å². The number of nitrogens with zero attached hydrogens (tertiary/aromatic N) is 1. The van der Waals surface area contributed by atoms with E-state index in [1.807, 2.05) is 0 Å². The SMILES string of the molecule is CN(C)C(=O)COc1ccccc1C(=O)Oc1ccc(Cl)cc1Br. The van der Waals surface area contributed by atoms with Crippen LogP contribution >= 0.6 is 27.5 Å². The van der Waals surface area contributed by atoms with E-state index in [0.29, 0.717) is 15.2 Å². The molecule has 5 nitrogen and oxygen atoms in total. The summed E-state index contributed by atoms with van der Waals surface area (Å²) in [6.07, 6.45) is 0. The zero-order valence-electron chi connectivity index (χ0n) is 13.1. The Labute approximate surface area is 153 Å². The molecular weight excluding hydrogens is 398 g/mol. The molecule has 0 heterocycles. The highest BCUT2D eigenvalue weighted by atomic mass is 79.9. The summed E-state index contributed by atoms with van der Waals surface area (Å²) in [5.74, 6) is -0.184. The number of hydrogen-bond donors (Lipinski definition) is 0. The van der Waals surface area contributed by atoms with Crippen LogP contribution in [0.5, 0.6) is 11.5 Å². The van der Waals surface area contributed by atoms with Gasteiger partial charge in [-0.2, -0.15) is 0 Å². The highest BCUT2D eigenvalue weighted by molar-refractivity contribution is 9.10. The minimum Gasteiger partial charge on any atom is -0.483 e. The van der Waals surface area contributed by atoms with E-state index in [-0.39, 0.29) is 23.8 Å². The molecule has 0 unspecified atom stereocenters. The predicted molar refractivity (Wildman–Crippen MR) is 94.7 cm³/mol. The van der Waals surface area contributed by atoms with Crippen molar-refractivity contribution in [2.45, 2.75) is 0 Å². The van der Waals surface area contributed by atoms with Gasteiger partial charge >= 0.3 is 5.97 Å². The topological polar surface area (TPSA) is 55.8 Å². The van der Waals surface area contributed by atoms with E-state index >= 15 is 0 Å². The van der Waals surface area contributed by atoms with Gasteiger partial charge in [-0.05, 0) is 46.3 Å². The Morgan fingerprint density at radius 1 is 1.12 bits per heavy atom. The zero-order chi connectivity index (χ0) is 17.7. The maximum absolute atomic E-state index is 12.4. The first-order valence-electron chi connectivity index (χ1n) is 6.97. The first-order valence-corrected chi connectivity index (χ1v) is 8.15. The molecule has 7 heteroatoms. The lowest BCUT2D eigenvalue weighted by atomic mass is 10.2. The quantitative estimate of drug-likeness (QED) is 0.554. The minimum absolute atomic E-state index is 0.165. The molecule has 2 aromatic rings. The maximum atomic E-state index is 12.4. The average Bonchev–Trinajstić information content (AvgIpc) is 2.55. The van der Waals surface area contributed by atoms with E-state index in [9.17, 15) is 9.59 Å². The highest BCUT2D eigenvalue weighted by Gasteiger charge is 2.17. The Hall–Kier alpha value is -2.05. The van der Waals surface area contributed by atoms with E-state index in [0.717, 1.165) is 0 Å². The molecule has 0 saturated heterocycles. The van der Waals surface area contributed by atoms with Crippen LogP contribution in [0.2, 0.25) is 5.02 Å². The summed E-state index contributed by atoms with van der Waals surface area (Å²) in [5.41, 5.74) is 0.228. The van der Waals surface area contributed by atoms with E-state index < -0.39 is 5.97 Å². The monoisotopic (exact) mass is 411 g/mol. The molecule has 0 aromatic heterocycles. The average molecular weight is 413 g/mol. The van der Waals surface area contributed by atoms with Crippen LogP contribution in [0.25, 0.3) is 0 Å². The molecule has 0 saturated carbocycles. The number of halogens is 2. The number of amides is 1. The van der Waals surface area contributed by atoms with Crippen molar-refractivity contribution in [2.75, 3.05) is 20.7 Å². The van der Waals surface area contributed by atoms with E-state index in [1.54, 1.807) is 56.6 Å². The third-order valence-electron chi connectivity index (χ3n) is 3.05. The van der Waals surface area contributed by atoms with Crippen molar-refractivity contribution in [3.63, 3.8) is 0 Å². The van der Waals surface area contributed by atoms with Crippen molar-refractivity contribution in [1.29, 1.82) is 0 Å². The number of carbonyl (C=O) groups is 2. The lowest BCUT2D eigenvalue weighted by Gasteiger charge is -2.14. The molecule has 0 fully saturated rings. The molecule has 2 rings (SSSR count). The number of likely N-dealkylation sites (N-methyl/N-ethyl adjacent to an activating group) is 1. The number of ether oxygens (including phenoxy) is 2. The van der Waals surface area contributed by atoms with Crippen LogP contribution < -0.4 is 9.47 Å². The van der Waals surface area contributed by atoms with Crippen molar-refractivity contribution in [3.05, 3.63) is 57.5 Å². The molecule has 0 bridgehead atoms. The van der Waals surface area contributed by atoms with E-state index in [4.69, 9.17) is 21.1 Å². The highest BCUT2D eigenvalue weighted by Crippen LogP contribution is 2.29. The smallest absolute Gasteiger partial charge is 0.347 e. The first-order chi connectivity index (χ1) is 11.4. The van der Waals surface area contributed by atoms with Gasteiger partial charge in [0.2, 0.25) is 0 Å². The van der Waals surface area contributed by atoms with Gasteiger partial charge in [0, 0.05) is 19.1 Å². The van der Waals surface area contributed by atoms with Gasteiger partial charge in [0.1, 0.15) is 17.1 Å². The van der Waals surface area contributed by atoms with Crippen LogP contribution in [0.4, 0.5) is 0 Å². The molecule has 24 heavy (non-hydrogen) atoms. The Balaban J connectivity index is 2.16. The summed E-state index contributed by atoms with van der Waals surface area (Å²) in [6.45, 7) is -0.165. The maximum Gasteiger partial charge on any atom is 0.347 e. The second kappa shape index (κ2) is 8.17. The first kappa shape index (κ1) is 18.3. The zero-order valence-corrected chi connectivity index (χ0v) is 15.4. The lowest BCUT2D eigenvalue weighted by Crippen LogP contribution is -2.28. The fraction of sp³-hybridized carbons (Fsp3) is 0.176. The summed E-state index contributed by atoms with van der Waals surface area (Å²) < 4.78 is 11.4. The molecular formula is C17H15BrClNO4. The number of rotatable bonds is 5. The Bertz CT molecular complexity index is 764. The minimum atomic E-state index is -0.592. The number of hydrogen-bond acceptors (Lipinski definition) is 4. The standard InChI is InChI=1S/C17H15BrClNO4/c1-20(2)16(21)10-23-14-6-4-3-5-12(14)17(22)24-15-8-7-11(19)9-13(15)18/h3-9H,10H2,1-2H3. The summed E-state index contributed by atoms with van der Waals surface area (Å²) in [5, 5.41) is 0.521. The van der Waals surface area contributed by atoms with Gasteiger partial charge in [0.25, 0.3) is 5.91 Å². The fourth-order valence-electron chi connectivity index (χ4n) is 1.74. The number of benzene rings is 2. The number of para-hydroxylation sites is 1. The number of carbonyl (C=O) groups excluding carboxylic acids is 2. The summed E-state index contributed by atoms with van der Waals surface area (Å²) in [4.78, 5) is 25.4. The van der Waals surface area contributed by atoms with Gasteiger partial charge in [-0.15, -0.1) is 0 Å². The van der Waals surface area contributed by atoms with E-state index in [1.165, 1.54) is 4.90 Å². The molecule has 0 atom stereocenters. The second-order valence-electron chi connectivity index (χ2n) is 5.04. The van der Waals surface area contributed by atoms with Crippen LogP contribution in [0.3, 0.4) is 0 Å². The molecule has 0 N–H and O–H groups in total. The van der Waals surface area contributed by atoms with Crippen LogP contribution in [0, 0.1) is 0 Å². The summed E-state index contributed by atoms with van der Waals surface area (Å²) >= 11 is 9.16. The Morgan fingerprint density at radius 3 is 2.50 bits per heavy atom. The predicted octanol–water partition coefficient (Wildman–Crippen LogP) is 3.79. The largest absolute Gasteiger partial charge is 0.483 e. The molecule has 0 aliphatic heterocycles. The van der Waals surface area contributed by atoms with Crippen LogP contribution in [0.15, 0.2) is 46.9 Å². The summed E-state index contributed by atoms with van der Waals surface area (Å²) in [7, 11) is 3.26. The molecule has 2 aromatic carbocycles. The third-order valence-corrected chi connectivity index (χ3v) is 3.91. The molecule has 0 spiro atoms.